The van der Waals surface area contributed by atoms with Crippen LogP contribution in [0.4, 0.5) is 0 Å². The molecule has 6 nitrogen and oxygen atoms in total. The fraction of sp³-hybridized carbons (Fsp3) is 0.882. The third kappa shape index (κ3) is 76.7. The van der Waals surface area contributed by atoms with Gasteiger partial charge in [0.25, 0.3) is 0 Å². The molecule has 1 amide bonds. The maximum Gasteiger partial charge on any atom is 0.305 e. The van der Waals surface area contributed by atoms with Crippen LogP contribution in [0.15, 0.2) is 48.6 Å². The van der Waals surface area contributed by atoms with Crippen LogP contribution in [0.2, 0.25) is 0 Å². The zero-order chi connectivity index (χ0) is 65.6. The number of carbonyl (C=O) groups is 2. The molecule has 0 spiro atoms. The van der Waals surface area contributed by atoms with Gasteiger partial charge in [0.1, 0.15) is 0 Å². The van der Waals surface area contributed by atoms with Crippen molar-refractivity contribution in [3.05, 3.63) is 48.6 Å². The minimum atomic E-state index is -0.845. The second-order valence-corrected chi connectivity index (χ2v) is 28.4. The van der Waals surface area contributed by atoms with E-state index in [0.717, 1.165) is 51.4 Å². The van der Waals surface area contributed by atoms with Crippen molar-refractivity contribution in [2.45, 2.75) is 469 Å². The molecule has 0 aliphatic rings. The minimum absolute atomic E-state index is 0.0112. The summed E-state index contributed by atoms with van der Waals surface area (Å²) < 4.78 is 5.51. The van der Waals surface area contributed by atoms with Gasteiger partial charge in [0.2, 0.25) is 5.91 Å². The van der Waals surface area contributed by atoms with Crippen LogP contribution in [0.3, 0.4) is 0 Å². The molecule has 0 aromatic rings. The molecular formula is C85H161NO5. The SMILES string of the molecule is CCCCCC/C=C\C/C=C\CCCCCCCCCC(=O)OCCCCCCCCCCCCCC/C=C\CCCCCCCCCCCCCCCCCCC(=O)NC(CO)C(O)/C=C/CCCCCCCCCCCCCCCCCCCCCCCC. The summed E-state index contributed by atoms with van der Waals surface area (Å²) in [6.07, 6.45) is 107. The first-order chi connectivity index (χ1) is 45.0. The van der Waals surface area contributed by atoms with Crippen molar-refractivity contribution in [3.8, 4) is 0 Å². The molecule has 0 rings (SSSR count). The summed E-state index contributed by atoms with van der Waals surface area (Å²) >= 11 is 0. The van der Waals surface area contributed by atoms with E-state index >= 15 is 0 Å². The fourth-order valence-electron chi connectivity index (χ4n) is 13.0. The molecule has 0 aromatic carbocycles. The Labute approximate surface area is 569 Å². The smallest absolute Gasteiger partial charge is 0.305 e. The summed E-state index contributed by atoms with van der Waals surface area (Å²) in [7, 11) is 0. The first-order valence-corrected chi connectivity index (χ1v) is 41.4. The van der Waals surface area contributed by atoms with Gasteiger partial charge in [-0.3, -0.25) is 9.59 Å². The number of esters is 1. The van der Waals surface area contributed by atoms with Gasteiger partial charge in [-0.15, -0.1) is 0 Å². The monoisotopic (exact) mass is 1280 g/mol. The standard InChI is InChI=1S/C85H161NO5/c1-3-5-7-9-11-13-15-17-19-21-23-24-25-36-39-42-45-49-53-57-61-65-69-73-77-83(88)82(81-87)86-84(89)78-74-70-66-62-58-54-50-46-43-40-37-34-32-30-28-26-27-29-31-33-35-38-41-44-48-52-56-60-64-68-72-76-80-91-85(90)79-75-71-67-63-59-55-51-47-22-20-18-16-14-12-10-8-6-4-2/h14,16,20,22,29,31,73,77,82-83,87-88H,3-13,15,17-19,21,23-28,30,32-72,74-76,78-81H2,1-2H3,(H,86,89)/b16-14-,22-20-,31-29-,77-73+. The number of rotatable bonds is 78. The number of nitrogens with one attached hydrogen (secondary N) is 1. The van der Waals surface area contributed by atoms with Crippen molar-refractivity contribution in [1.29, 1.82) is 0 Å². The van der Waals surface area contributed by atoms with Crippen molar-refractivity contribution >= 4 is 11.9 Å². The first kappa shape index (κ1) is 88.8. The number of ether oxygens (including phenoxy) is 1. The molecule has 3 N–H and O–H groups in total. The lowest BCUT2D eigenvalue weighted by atomic mass is 10.0. The maximum absolute atomic E-state index is 12.6. The Hall–Kier alpha value is -2.18. The van der Waals surface area contributed by atoms with Gasteiger partial charge < -0.3 is 20.3 Å². The van der Waals surface area contributed by atoms with E-state index in [1.807, 2.05) is 6.08 Å². The van der Waals surface area contributed by atoms with E-state index in [-0.39, 0.29) is 18.5 Å². The second kappa shape index (κ2) is 80.3. The number of carbonyl (C=O) groups excluding carboxylic acids is 2. The predicted octanol–water partition coefficient (Wildman–Crippen LogP) is 27.5. The maximum atomic E-state index is 12.6. The Balaban J connectivity index is 3.38. The van der Waals surface area contributed by atoms with Crippen molar-refractivity contribution < 1.29 is 24.5 Å². The minimum Gasteiger partial charge on any atom is -0.466 e. The summed E-state index contributed by atoms with van der Waals surface area (Å²) in [4.78, 5) is 24.7. The fourth-order valence-corrected chi connectivity index (χ4v) is 13.0. The van der Waals surface area contributed by atoms with Crippen LogP contribution in [-0.4, -0.2) is 47.4 Å². The quantitative estimate of drug-likeness (QED) is 0.0320. The van der Waals surface area contributed by atoms with E-state index < -0.39 is 12.1 Å². The van der Waals surface area contributed by atoms with Gasteiger partial charge in [0.15, 0.2) is 0 Å². The Bertz CT molecular complexity index is 1520. The van der Waals surface area contributed by atoms with Crippen LogP contribution < -0.4 is 5.32 Å². The highest BCUT2D eigenvalue weighted by Crippen LogP contribution is 2.20. The average molecular weight is 1280 g/mol. The van der Waals surface area contributed by atoms with Crippen LogP contribution in [0.25, 0.3) is 0 Å². The summed E-state index contributed by atoms with van der Waals surface area (Å²) in [5, 5.41) is 23.3. The molecule has 0 fully saturated rings. The number of amides is 1. The molecule has 91 heavy (non-hydrogen) atoms. The Morgan fingerprint density at radius 1 is 0.308 bits per heavy atom. The van der Waals surface area contributed by atoms with Crippen molar-refractivity contribution in [2.24, 2.45) is 0 Å². The average Bonchev–Trinajstić information content (AvgIpc) is 3.66. The van der Waals surface area contributed by atoms with Crippen molar-refractivity contribution in [2.75, 3.05) is 13.2 Å². The van der Waals surface area contributed by atoms with Crippen molar-refractivity contribution in [1.82, 2.24) is 5.32 Å². The van der Waals surface area contributed by atoms with E-state index in [1.165, 1.54) is 379 Å². The Kier molecular flexibility index (Phi) is 78.3. The molecule has 0 heterocycles. The van der Waals surface area contributed by atoms with E-state index in [1.54, 1.807) is 6.08 Å². The van der Waals surface area contributed by atoms with Gasteiger partial charge in [-0.05, 0) is 89.9 Å². The van der Waals surface area contributed by atoms with Crippen LogP contribution in [0.5, 0.6) is 0 Å². The Morgan fingerprint density at radius 2 is 0.549 bits per heavy atom. The van der Waals surface area contributed by atoms with E-state index in [9.17, 15) is 19.8 Å². The van der Waals surface area contributed by atoms with Gasteiger partial charge in [0, 0.05) is 12.8 Å². The summed E-state index contributed by atoms with van der Waals surface area (Å²) in [5.74, 6) is -0.0493. The number of allylic oxidation sites excluding steroid dienone is 7. The second-order valence-electron chi connectivity index (χ2n) is 28.4. The molecule has 2 unspecified atom stereocenters. The van der Waals surface area contributed by atoms with E-state index in [4.69, 9.17) is 4.74 Å². The molecule has 0 aliphatic carbocycles. The number of aliphatic hydroxyl groups excluding tert-OH is 2. The predicted molar refractivity (Wildman–Crippen MR) is 402 cm³/mol. The topological polar surface area (TPSA) is 95.9 Å². The number of aliphatic hydroxyl groups is 2. The molecule has 6 heteroatoms. The molecule has 0 aromatic heterocycles. The van der Waals surface area contributed by atoms with Crippen LogP contribution in [-0.2, 0) is 14.3 Å². The van der Waals surface area contributed by atoms with Crippen LogP contribution >= 0.6 is 0 Å². The van der Waals surface area contributed by atoms with E-state index in [2.05, 4.69) is 55.6 Å². The lowest BCUT2D eigenvalue weighted by Crippen LogP contribution is -2.45. The number of hydrogen-bond donors (Lipinski definition) is 3. The molecule has 2 atom stereocenters. The van der Waals surface area contributed by atoms with Gasteiger partial charge in [-0.1, -0.05) is 403 Å². The van der Waals surface area contributed by atoms with Gasteiger partial charge in [-0.25, -0.2) is 0 Å². The van der Waals surface area contributed by atoms with Crippen LogP contribution in [0, 0.1) is 0 Å². The van der Waals surface area contributed by atoms with Gasteiger partial charge in [0.05, 0.1) is 25.4 Å². The zero-order valence-electron chi connectivity index (χ0n) is 61.6. The molecule has 0 bridgehead atoms. The molecule has 536 valence electrons. The third-order valence-corrected chi connectivity index (χ3v) is 19.3. The Morgan fingerprint density at radius 3 is 0.857 bits per heavy atom. The highest BCUT2D eigenvalue weighted by Gasteiger charge is 2.18. The van der Waals surface area contributed by atoms with Gasteiger partial charge in [-0.2, -0.15) is 0 Å². The molecular weight excluding hydrogens is 1110 g/mol. The van der Waals surface area contributed by atoms with Crippen molar-refractivity contribution in [3.63, 3.8) is 0 Å². The zero-order valence-corrected chi connectivity index (χ0v) is 61.6. The lowest BCUT2D eigenvalue weighted by Gasteiger charge is -2.20. The summed E-state index contributed by atoms with van der Waals surface area (Å²) in [6, 6.07) is -0.628. The number of hydrogen-bond acceptors (Lipinski definition) is 5. The summed E-state index contributed by atoms with van der Waals surface area (Å²) in [6.45, 7) is 4.93. The summed E-state index contributed by atoms with van der Waals surface area (Å²) in [5.41, 5.74) is 0. The lowest BCUT2D eigenvalue weighted by molar-refractivity contribution is -0.143. The molecule has 0 aliphatic heterocycles. The van der Waals surface area contributed by atoms with E-state index in [0.29, 0.717) is 19.4 Å². The number of unbranched alkanes of at least 4 members (excludes halogenated alkanes) is 61. The molecule has 0 saturated carbocycles. The first-order valence-electron chi connectivity index (χ1n) is 41.4. The highest BCUT2D eigenvalue weighted by molar-refractivity contribution is 5.76. The van der Waals surface area contributed by atoms with Crippen LogP contribution in [0.1, 0.15) is 457 Å². The molecule has 0 saturated heterocycles. The third-order valence-electron chi connectivity index (χ3n) is 19.3. The molecule has 0 radical (unpaired) electrons. The highest BCUT2D eigenvalue weighted by atomic mass is 16.5. The largest absolute Gasteiger partial charge is 0.466 e. The normalized spacial score (nSPS) is 12.7. The van der Waals surface area contributed by atoms with Gasteiger partial charge >= 0.3 is 5.97 Å².